The van der Waals surface area contributed by atoms with Crippen LogP contribution in [0.15, 0.2) is 40.9 Å². The van der Waals surface area contributed by atoms with E-state index in [2.05, 4.69) is 21.2 Å². The van der Waals surface area contributed by atoms with Crippen molar-refractivity contribution in [2.75, 3.05) is 5.32 Å². The minimum absolute atomic E-state index is 0.308. The summed E-state index contributed by atoms with van der Waals surface area (Å²) in [7, 11) is 0. The van der Waals surface area contributed by atoms with Crippen LogP contribution in [0.2, 0.25) is 0 Å². The van der Waals surface area contributed by atoms with Gasteiger partial charge in [0.1, 0.15) is 5.82 Å². The molecule has 19 heavy (non-hydrogen) atoms. The predicted octanol–water partition coefficient (Wildman–Crippen LogP) is 4.38. The van der Waals surface area contributed by atoms with Gasteiger partial charge in [-0.05, 0) is 42.8 Å². The topological polar surface area (TPSA) is 35.8 Å². The highest BCUT2D eigenvalue weighted by Gasteiger charge is 2.04. The molecular formula is C15H12BrFN2. The van der Waals surface area contributed by atoms with Crippen LogP contribution in [0.25, 0.3) is 0 Å². The van der Waals surface area contributed by atoms with E-state index < -0.39 is 0 Å². The van der Waals surface area contributed by atoms with Crippen molar-refractivity contribution in [2.45, 2.75) is 13.5 Å². The first-order chi connectivity index (χ1) is 9.10. The molecule has 2 aromatic rings. The van der Waals surface area contributed by atoms with Gasteiger partial charge in [-0.25, -0.2) is 4.39 Å². The van der Waals surface area contributed by atoms with Gasteiger partial charge in [-0.15, -0.1) is 0 Å². The zero-order valence-electron chi connectivity index (χ0n) is 10.4. The standard InChI is InChI=1S/C15H12BrFN2/c1-10-2-4-13(7-14(10)16)19-9-12-6-11(8-18)3-5-15(12)17/h2-7,19H,9H2,1H3. The normalized spacial score (nSPS) is 10.0. The summed E-state index contributed by atoms with van der Waals surface area (Å²) in [6.07, 6.45) is 0. The lowest BCUT2D eigenvalue weighted by atomic mass is 10.1. The average Bonchev–Trinajstić information content (AvgIpc) is 2.41. The number of nitrogens with one attached hydrogen (secondary N) is 1. The minimum Gasteiger partial charge on any atom is -0.381 e. The first kappa shape index (κ1) is 13.6. The fourth-order valence-electron chi connectivity index (χ4n) is 1.68. The molecule has 0 fully saturated rings. The lowest BCUT2D eigenvalue weighted by Gasteiger charge is -2.09. The van der Waals surface area contributed by atoms with Gasteiger partial charge in [0.15, 0.2) is 0 Å². The number of nitriles is 1. The van der Waals surface area contributed by atoms with Gasteiger partial charge in [-0.3, -0.25) is 0 Å². The van der Waals surface area contributed by atoms with Gasteiger partial charge >= 0.3 is 0 Å². The van der Waals surface area contributed by atoms with E-state index >= 15 is 0 Å². The molecule has 0 atom stereocenters. The summed E-state index contributed by atoms with van der Waals surface area (Å²) >= 11 is 3.45. The lowest BCUT2D eigenvalue weighted by Crippen LogP contribution is -2.02. The number of nitrogens with zero attached hydrogens (tertiary/aromatic N) is 1. The first-order valence-corrected chi connectivity index (χ1v) is 6.58. The molecule has 0 saturated carbocycles. The molecule has 0 saturated heterocycles. The van der Waals surface area contributed by atoms with E-state index in [1.807, 2.05) is 31.2 Å². The highest BCUT2D eigenvalue weighted by atomic mass is 79.9. The van der Waals surface area contributed by atoms with Crippen molar-refractivity contribution < 1.29 is 4.39 Å². The molecule has 0 aliphatic rings. The number of rotatable bonds is 3. The SMILES string of the molecule is Cc1ccc(NCc2cc(C#N)ccc2F)cc1Br. The second-order valence-corrected chi connectivity index (χ2v) is 5.09. The minimum atomic E-state index is -0.308. The molecule has 2 rings (SSSR count). The summed E-state index contributed by atoms with van der Waals surface area (Å²) < 4.78 is 14.6. The van der Waals surface area contributed by atoms with Crippen molar-refractivity contribution in [1.82, 2.24) is 0 Å². The average molecular weight is 319 g/mol. The molecule has 0 aliphatic carbocycles. The molecule has 2 nitrogen and oxygen atoms in total. The molecule has 0 heterocycles. The quantitative estimate of drug-likeness (QED) is 0.911. The van der Waals surface area contributed by atoms with E-state index in [1.54, 1.807) is 6.07 Å². The van der Waals surface area contributed by atoms with Crippen LogP contribution in [0.1, 0.15) is 16.7 Å². The Morgan fingerprint density at radius 2 is 2.05 bits per heavy atom. The van der Waals surface area contributed by atoms with Gasteiger partial charge in [-0.1, -0.05) is 22.0 Å². The Morgan fingerprint density at radius 3 is 2.74 bits per heavy atom. The van der Waals surface area contributed by atoms with E-state index in [0.717, 1.165) is 15.7 Å². The summed E-state index contributed by atoms with van der Waals surface area (Å²) in [6.45, 7) is 2.35. The van der Waals surface area contributed by atoms with Crippen molar-refractivity contribution in [3.63, 3.8) is 0 Å². The highest BCUT2D eigenvalue weighted by molar-refractivity contribution is 9.10. The van der Waals surface area contributed by atoms with Crippen LogP contribution in [0, 0.1) is 24.1 Å². The first-order valence-electron chi connectivity index (χ1n) is 5.78. The third kappa shape index (κ3) is 3.33. The second-order valence-electron chi connectivity index (χ2n) is 4.24. The summed E-state index contributed by atoms with van der Waals surface area (Å²) in [5.41, 5.74) is 2.99. The van der Waals surface area contributed by atoms with Crippen LogP contribution >= 0.6 is 15.9 Å². The summed E-state index contributed by atoms with van der Waals surface area (Å²) in [6, 6.07) is 12.2. The van der Waals surface area contributed by atoms with Crippen LogP contribution in [0.3, 0.4) is 0 Å². The molecular weight excluding hydrogens is 307 g/mol. The molecule has 4 heteroatoms. The Kier molecular flexibility index (Phi) is 4.18. The van der Waals surface area contributed by atoms with Crippen molar-refractivity contribution in [3.05, 3.63) is 63.4 Å². The van der Waals surface area contributed by atoms with Gasteiger partial charge in [-0.2, -0.15) is 5.26 Å². The van der Waals surface area contributed by atoms with Crippen molar-refractivity contribution in [2.24, 2.45) is 0 Å². The molecule has 2 aromatic carbocycles. The van der Waals surface area contributed by atoms with Crippen molar-refractivity contribution in [3.8, 4) is 6.07 Å². The fourth-order valence-corrected chi connectivity index (χ4v) is 2.06. The predicted molar refractivity (Wildman–Crippen MR) is 77.3 cm³/mol. The molecule has 0 aromatic heterocycles. The number of hydrogen-bond donors (Lipinski definition) is 1. The molecule has 0 radical (unpaired) electrons. The zero-order chi connectivity index (χ0) is 13.8. The van der Waals surface area contributed by atoms with Gasteiger partial charge in [0.2, 0.25) is 0 Å². The number of hydrogen-bond acceptors (Lipinski definition) is 2. The Hall–Kier alpha value is -1.86. The maximum absolute atomic E-state index is 13.6. The molecule has 1 N–H and O–H groups in total. The summed E-state index contributed by atoms with van der Waals surface area (Å²) in [4.78, 5) is 0. The van der Waals surface area contributed by atoms with Gasteiger partial charge < -0.3 is 5.32 Å². The lowest BCUT2D eigenvalue weighted by molar-refractivity contribution is 0.612. The molecule has 0 unspecified atom stereocenters. The monoisotopic (exact) mass is 318 g/mol. The fraction of sp³-hybridized carbons (Fsp3) is 0.133. The zero-order valence-corrected chi connectivity index (χ0v) is 12.0. The Morgan fingerprint density at radius 1 is 1.26 bits per heavy atom. The molecule has 96 valence electrons. The number of anilines is 1. The summed E-state index contributed by atoms with van der Waals surface area (Å²) in [5, 5.41) is 11.9. The molecule has 0 amide bonds. The maximum Gasteiger partial charge on any atom is 0.128 e. The van der Waals surface area contributed by atoms with Crippen LogP contribution < -0.4 is 5.32 Å². The smallest absolute Gasteiger partial charge is 0.128 e. The third-order valence-electron chi connectivity index (χ3n) is 2.83. The molecule has 0 spiro atoms. The van der Waals surface area contributed by atoms with E-state index in [4.69, 9.17) is 5.26 Å². The van der Waals surface area contributed by atoms with E-state index in [1.165, 1.54) is 12.1 Å². The number of benzene rings is 2. The van der Waals surface area contributed by atoms with Crippen LogP contribution in [-0.2, 0) is 6.54 Å². The van der Waals surface area contributed by atoms with E-state index in [-0.39, 0.29) is 5.82 Å². The van der Waals surface area contributed by atoms with Crippen molar-refractivity contribution >= 4 is 21.6 Å². The van der Waals surface area contributed by atoms with Crippen molar-refractivity contribution in [1.29, 1.82) is 5.26 Å². The molecule has 0 aliphatic heterocycles. The Bertz CT molecular complexity index is 647. The third-order valence-corrected chi connectivity index (χ3v) is 3.68. The maximum atomic E-state index is 13.6. The Labute approximate surface area is 120 Å². The number of halogens is 2. The van der Waals surface area contributed by atoms with E-state index in [0.29, 0.717) is 17.7 Å². The second kappa shape index (κ2) is 5.85. The van der Waals surface area contributed by atoms with Crippen LogP contribution in [-0.4, -0.2) is 0 Å². The Balaban J connectivity index is 2.14. The van der Waals surface area contributed by atoms with E-state index in [9.17, 15) is 4.39 Å². The van der Waals surface area contributed by atoms with Crippen LogP contribution in [0.5, 0.6) is 0 Å². The van der Waals surface area contributed by atoms with Gasteiger partial charge in [0, 0.05) is 22.3 Å². The highest BCUT2D eigenvalue weighted by Crippen LogP contribution is 2.21. The van der Waals surface area contributed by atoms with Gasteiger partial charge in [0.05, 0.1) is 11.6 Å². The number of aryl methyl sites for hydroxylation is 1. The molecule has 0 bridgehead atoms. The summed E-state index contributed by atoms with van der Waals surface area (Å²) in [5.74, 6) is -0.308. The largest absolute Gasteiger partial charge is 0.381 e. The van der Waals surface area contributed by atoms with Crippen LogP contribution in [0.4, 0.5) is 10.1 Å². The van der Waals surface area contributed by atoms with Gasteiger partial charge in [0.25, 0.3) is 0 Å².